The first-order valence-corrected chi connectivity index (χ1v) is 12.7. The molecule has 0 spiro atoms. The summed E-state index contributed by atoms with van der Waals surface area (Å²) in [6.07, 6.45) is 16.9. The van der Waals surface area contributed by atoms with Crippen molar-refractivity contribution in [2.24, 2.45) is 17.8 Å². The minimum Gasteiger partial charge on any atom is -0.204 e. The van der Waals surface area contributed by atoms with E-state index in [1.165, 1.54) is 94.7 Å². The summed E-state index contributed by atoms with van der Waals surface area (Å²) in [5, 5.41) is 0. The molecule has 0 amide bonds. The molecule has 4 rings (SSSR count). The largest absolute Gasteiger partial charge is 0.204 e. The first kappa shape index (κ1) is 22.5. The van der Waals surface area contributed by atoms with Gasteiger partial charge in [-0.15, -0.1) is 0 Å². The molecule has 2 aromatic carbocycles. The topological polar surface area (TPSA) is 0 Å². The minimum absolute atomic E-state index is 0.653. The monoisotopic (exact) mass is 424 g/mol. The van der Waals surface area contributed by atoms with E-state index < -0.39 is 11.6 Å². The zero-order chi connectivity index (χ0) is 21.6. The highest BCUT2D eigenvalue weighted by Gasteiger charge is 2.31. The van der Waals surface area contributed by atoms with Crippen molar-refractivity contribution in [2.75, 3.05) is 0 Å². The fraction of sp³-hybridized carbons (Fsp3) is 0.586. The predicted molar refractivity (Wildman–Crippen MR) is 126 cm³/mol. The molecular formula is C29H38F2. The normalized spacial score (nSPS) is 26.7. The highest BCUT2D eigenvalue weighted by Crippen LogP contribution is 2.44. The Morgan fingerprint density at radius 2 is 1.29 bits per heavy atom. The van der Waals surface area contributed by atoms with Gasteiger partial charge in [0.25, 0.3) is 0 Å². The average Bonchev–Trinajstić information content (AvgIpc) is 2.82. The van der Waals surface area contributed by atoms with E-state index in [1.807, 2.05) is 0 Å². The summed E-state index contributed by atoms with van der Waals surface area (Å²) in [6.45, 7) is 2.30. The summed E-state index contributed by atoms with van der Waals surface area (Å²) < 4.78 is 26.7. The van der Waals surface area contributed by atoms with Crippen molar-refractivity contribution in [3.05, 3.63) is 59.7 Å². The molecule has 0 unspecified atom stereocenters. The van der Waals surface area contributed by atoms with E-state index in [-0.39, 0.29) is 0 Å². The van der Waals surface area contributed by atoms with Gasteiger partial charge in [0.2, 0.25) is 0 Å². The number of halogens is 2. The maximum atomic E-state index is 13.5. The van der Waals surface area contributed by atoms with Crippen molar-refractivity contribution < 1.29 is 8.78 Å². The van der Waals surface area contributed by atoms with Gasteiger partial charge in [0.15, 0.2) is 11.6 Å². The first-order valence-electron chi connectivity index (χ1n) is 12.7. The van der Waals surface area contributed by atoms with Gasteiger partial charge < -0.3 is 0 Å². The fourth-order valence-corrected chi connectivity index (χ4v) is 6.18. The van der Waals surface area contributed by atoms with Crippen molar-refractivity contribution in [1.82, 2.24) is 0 Å². The van der Waals surface area contributed by atoms with Crippen LogP contribution in [-0.4, -0.2) is 0 Å². The van der Waals surface area contributed by atoms with Crippen LogP contribution < -0.4 is 0 Å². The Labute approximate surface area is 187 Å². The van der Waals surface area contributed by atoms with Gasteiger partial charge in [-0.05, 0) is 91.0 Å². The van der Waals surface area contributed by atoms with Crippen LogP contribution in [0.15, 0.2) is 42.5 Å². The summed E-state index contributed by atoms with van der Waals surface area (Å²) in [5.41, 5.74) is 3.09. The number of hydrogen-bond acceptors (Lipinski definition) is 0. The second-order valence-corrected chi connectivity index (χ2v) is 10.1. The minimum atomic E-state index is -0.790. The van der Waals surface area contributed by atoms with Gasteiger partial charge in [-0.1, -0.05) is 75.8 Å². The molecule has 2 heteroatoms. The van der Waals surface area contributed by atoms with Crippen LogP contribution in [0, 0.1) is 29.4 Å². The third-order valence-corrected chi connectivity index (χ3v) is 8.18. The van der Waals surface area contributed by atoms with Crippen LogP contribution in [0.5, 0.6) is 0 Å². The van der Waals surface area contributed by atoms with Crippen LogP contribution in [0.4, 0.5) is 8.78 Å². The lowest BCUT2D eigenvalue weighted by molar-refractivity contribution is 0.155. The maximum absolute atomic E-state index is 13.5. The van der Waals surface area contributed by atoms with E-state index in [0.717, 1.165) is 28.9 Å². The number of unbranched alkanes of at least 4 members (excludes halogenated alkanes) is 2. The molecule has 2 aliphatic carbocycles. The van der Waals surface area contributed by atoms with Gasteiger partial charge in [-0.2, -0.15) is 0 Å². The Morgan fingerprint density at radius 1 is 0.677 bits per heavy atom. The van der Waals surface area contributed by atoms with Crippen molar-refractivity contribution in [3.63, 3.8) is 0 Å². The van der Waals surface area contributed by atoms with Gasteiger partial charge in [-0.25, -0.2) is 8.78 Å². The van der Waals surface area contributed by atoms with Gasteiger partial charge in [0.05, 0.1) is 0 Å². The number of benzene rings is 2. The predicted octanol–water partition coefficient (Wildman–Crippen LogP) is 9.29. The van der Waals surface area contributed by atoms with Crippen molar-refractivity contribution >= 4 is 0 Å². The van der Waals surface area contributed by atoms with E-state index in [1.54, 1.807) is 6.07 Å². The van der Waals surface area contributed by atoms with E-state index in [0.29, 0.717) is 5.92 Å². The van der Waals surface area contributed by atoms with Crippen LogP contribution in [0.3, 0.4) is 0 Å². The standard InChI is InChI=1S/C29H38F2/c1-2-3-4-5-21-6-8-22(9-7-21)23-10-12-24(13-11-23)25-14-16-26(17-15-25)27-18-19-28(30)29(31)20-27/h14-24H,2-13H2,1H3/t21?,22?,23-,24-. The molecule has 0 aliphatic heterocycles. The lowest BCUT2D eigenvalue weighted by atomic mass is 9.68. The van der Waals surface area contributed by atoms with Crippen molar-refractivity contribution in [2.45, 2.75) is 89.9 Å². The van der Waals surface area contributed by atoms with Gasteiger partial charge >= 0.3 is 0 Å². The van der Waals surface area contributed by atoms with Crippen LogP contribution in [-0.2, 0) is 0 Å². The molecule has 0 bridgehead atoms. The molecule has 168 valence electrons. The fourth-order valence-electron chi connectivity index (χ4n) is 6.18. The lowest BCUT2D eigenvalue weighted by Crippen LogP contribution is -2.25. The summed E-state index contributed by atoms with van der Waals surface area (Å²) in [6, 6.07) is 12.7. The van der Waals surface area contributed by atoms with Gasteiger partial charge in [-0.3, -0.25) is 0 Å². The second-order valence-electron chi connectivity index (χ2n) is 10.1. The summed E-state index contributed by atoms with van der Waals surface area (Å²) >= 11 is 0. The number of rotatable bonds is 7. The van der Waals surface area contributed by atoms with Gasteiger partial charge in [0.1, 0.15) is 0 Å². The Morgan fingerprint density at radius 3 is 1.90 bits per heavy atom. The zero-order valence-corrected chi connectivity index (χ0v) is 19.1. The van der Waals surface area contributed by atoms with Crippen molar-refractivity contribution in [1.29, 1.82) is 0 Å². The molecule has 2 saturated carbocycles. The Bertz CT molecular complexity index is 809. The molecule has 31 heavy (non-hydrogen) atoms. The van der Waals surface area contributed by atoms with E-state index in [4.69, 9.17) is 0 Å². The highest BCUT2D eigenvalue weighted by atomic mass is 19.2. The molecule has 0 aromatic heterocycles. The summed E-state index contributed by atoms with van der Waals surface area (Å²) in [7, 11) is 0. The van der Waals surface area contributed by atoms with E-state index in [9.17, 15) is 8.78 Å². The summed E-state index contributed by atoms with van der Waals surface area (Å²) in [5.74, 6) is 2.00. The third-order valence-electron chi connectivity index (χ3n) is 8.18. The Balaban J connectivity index is 1.26. The zero-order valence-electron chi connectivity index (χ0n) is 19.1. The van der Waals surface area contributed by atoms with E-state index >= 15 is 0 Å². The molecule has 0 heterocycles. The van der Waals surface area contributed by atoms with Crippen LogP contribution in [0.1, 0.15) is 95.5 Å². The molecule has 0 saturated heterocycles. The van der Waals surface area contributed by atoms with Crippen LogP contribution in [0.25, 0.3) is 11.1 Å². The highest BCUT2D eigenvalue weighted by molar-refractivity contribution is 5.63. The SMILES string of the molecule is CCCCCC1CCC([C@H]2CC[C@H](c3ccc(-c4ccc(F)c(F)c4)cc3)CC2)CC1. The van der Waals surface area contributed by atoms with E-state index in [2.05, 4.69) is 31.2 Å². The quantitative estimate of drug-likeness (QED) is 0.388. The molecule has 2 aliphatic rings. The molecular weight excluding hydrogens is 386 g/mol. The number of hydrogen-bond donors (Lipinski definition) is 0. The summed E-state index contributed by atoms with van der Waals surface area (Å²) in [4.78, 5) is 0. The first-order chi connectivity index (χ1) is 15.1. The maximum Gasteiger partial charge on any atom is 0.159 e. The molecule has 0 radical (unpaired) electrons. The van der Waals surface area contributed by atoms with Crippen LogP contribution in [0.2, 0.25) is 0 Å². The average molecular weight is 425 g/mol. The lowest BCUT2D eigenvalue weighted by Gasteiger charge is -2.38. The van der Waals surface area contributed by atoms with Crippen molar-refractivity contribution in [3.8, 4) is 11.1 Å². The Hall–Kier alpha value is -1.70. The molecule has 0 atom stereocenters. The Kier molecular flexibility index (Phi) is 7.80. The van der Waals surface area contributed by atoms with Gasteiger partial charge in [0, 0.05) is 0 Å². The third kappa shape index (κ3) is 5.76. The second kappa shape index (κ2) is 10.7. The smallest absolute Gasteiger partial charge is 0.159 e. The van der Waals surface area contributed by atoms with Crippen LogP contribution >= 0.6 is 0 Å². The molecule has 2 fully saturated rings. The molecule has 0 N–H and O–H groups in total. The molecule has 0 nitrogen and oxygen atoms in total. The molecule has 2 aromatic rings.